The summed E-state index contributed by atoms with van der Waals surface area (Å²) < 4.78 is 5.57. The van der Waals surface area contributed by atoms with Crippen molar-refractivity contribution in [2.75, 3.05) is 13.6 Å². The number of nitro groups is 1. The largest absolute Gasteiger partial charge is 0.364 e. The minimum absolute atomic E-state index is 0. The summed E-state index contributed by atoms with van der Waals surface area (Å²) in [5.41, 5.74) is 6.00. The zero-order valence-electron chi connectivity index (χ0n) is 12.6. The molecule has 2 atom stereocenters. The lowest BCUT2D eigenvalue weighted by Crippen LogP contribution is -2.36. The molecule has 1 aromatic carbocycles. The molecule has 0 saturated carbocycles. The predicted octanol–water partition coefficient (Wildman–Crippen LogP) is 2.13. The third kappa shape index (κ3) is 4.78. The van der Waals surface area contributed by atoms with E-state index in [4.69, 9.17) is 22.1 Å². The molecule has 1 fully saturated rings. The van der Waals surface area contributed by atoms with Gasteiger partial charge in [0, 0.05) is 37.3 Å². The topological polar surface area (TPSA) is 98.7 Å². The van der Waals surface area contributed by atoms with E-state index in [2.05, 4.69) is 0 Å². The van der Waals surface area contributed by atoms with Gasteiger partial charge in [0.05, 0.1) is 11.0 Å². The van der Waals surface area contributed by atoms with Crippen LogP contribution in [0, 0.1) is 10.1 Å². The van der Waals surface area contributed by atoms with Gasteiger partial charge in [0.15, 0.2) is 0 Å². The Morgan fingerprint density at radius 1 is 1.52 bits per heavy atom. The molecule has 128 valence electrons. The molecule has 9 heteroatoms. The number of nitro benzene ring substituents is 1. The number of rotatable bonds is 5. The third-order valence-corrected chi connectivity index (χ3v) is 4.04. The minimum Gasteiger partial charge on any atom is -0.364 e. The molecule has 0 bridgehead atoms. The number of hydrogen-bond acceptors (Lipinski definition) is 5. The van der Waals surface area contributed by atoms with Crippen LogP contribution in [0.2, 0.25) is 5.02 Å². The maximum Gasteiger partial charge on any atom is 0.269 e. The van der Waals surface area contributed by atoms with Gasteiger partial charge in [0.1, 0.15) is 6.10 Å². The summed E-state index contributed by atoms with van der Waals surface area (Å²) in [5.74, 6) is -0.168. The number of nitrogens with two attached hydrogens (primary N) is 1. The number of amides is 1. The molecule has 0 aromatic heterocycles. The van der Waals surface area contributed by atoms with Crippen LogP contribution in [0.3, 0.4) is 0 Å². The fourth-order valence-corrected chi connectivity index (χ4v) is 2.61. The lowest BCUT2D eigenvalue weighted by atomic mass is 10.1. The Hall–Kier alpha value is -1.41. The van der Waals surface area contributed by atoms with E-state index in [1.165, 1.54) is 23.1 Å². The molecule has 7 nitrogen and oxygen atoms in total. The Labute approximate surface area is 145 Å². The summed E-state index contributed by atoms with van der Waals surface area (Å²) >= 11 is 6.05. The monoisotopic (exact) mass is 363 g/mol. The predicted molar refractivity (Wildman–Crippen MR) is 88.8 cm³/mol. The first-order chi connectivity index (χ1) is 10.4. The standard InChI is InChI=1S/C14H18ClN3O4.ClH/c1-17(14(19)13-5-3-11(7-16)22-13)8-9-6-10(18(20)21)2-4-12(9)15;/h2,4,6,11,13H,3,5,7-8,16H2,1H3;1H/t11-,13+;/m1./s1. The van der Waals surface area contributed by atoms with Crippen LogP contribution in [0.25, 0.3) is 0 Å². The molecule has 23 heavy (non-hydrogen) atoms. The van der Waals surface area contributed by atoms with Crippen molar-refractivity contribution in [1.82, 2.24) is 4.90 Å². The Morgan fingerprint density at radius 3 is 2.78 bits per heavy atom. The van der Waals surface area contributed by atoms with Crippen molar-refractivity contribution < 1.29 is 14.5 Å². The van der Waals surface area contributed by atoms with Gasteiger partial charge in [-0.1, -0.05) is 11.6 Å². The zero-order valence-corrected chi connectivity index (χ0v) is 14.2. The van der Waals surface area contributed by atoms with Crippen LogP contribution in [-0.2, 0) is 16.1 Å². The number of benzene rings is 1. The highest BCUT2D eigenvalue weighted by Crippen LogP contribution is 2.25. The van der Waals surface area contributed by atoms with Crippen LogP contribution in [0.15, 0.2) is 18.2 Å². The van der Waals surface area contributed by atoms with Crippen molar-refractivity contribution in [1.29, 1.82) is 0 Å². The maximum absolute atomic E-state index is 12.3. The normalized spacial score (nSPS) is 20.0. The lowest BCUT2D eigenvalue weighted by Gasteiger charge is -2.21. The Kier molecular flexibility index (Phi) is 7.21. The Balaban J connectivity index is 0.00000264. The van der Waals surface area contributed by atoms with Crippen molar-refractivity contribution in [2.24, 2.45) is 5.73 Å². The van der Waals surface area contributed by atoms with Crippen molar-refractivity contribution >= 4 is 35.6 Å². The summed E-state index contributed by atoms with van der Waals surface area (Å²) in [5, 5.41) is 11.2. The van der Waals surface area contributed by atoms with Gasteiger partial charge in [0.2, 0.25) is 0 Å². The second-order valence-corrected chi connectivity index (χ2v) is 5.69. The Bertz CT molecular complexity index is 585. The van der Waals surface area contributed by atoms with Crippen molar-refractivity contribution in [3.05, 3.63) is 38.9 Å². The van der Waals surface area contributed by atoms with Crippen molar-refractivity contribution in [3.8, 4) is 0 Å². The summed E-state index contributed by atoms with van der Waals surface area (Å²) in [6, 6.07) is 4.17. The average molecular weight is 364 g/mol. The third-order valence-electron chi connectivity index (χ3n) is 3.67. The molecule has 1 aliphatic rings. The van der Waals surface area contributed by atoms with Crippen LogP contribution in [-0.4, -0.2) is 41.5 Å². The molecular weight excluding hydrogens is 345 g/mol. The van der Waals surface area contributed by atoms with Crippen LogP contribution >= 0.6 is 24.0 Å². The van der Waals surface area contributed by atoms with Gasteiger partial charge in [0.25, 0.3) is 11.6 Å². The zero-order chi connectivity index (χ0) is 16.3. The second kappa shape index (κ2) is 8.44. The fourth-order valence-electron chi connectivity index (χ4n) is 2.44. The molecule has 0 aliphatic carbocycles. The molecule has 1 aliphatic heterocycles. The maximum atomic E-state index is 12.3. The number of ether oxygens (including phenoxy) is 1. The molecule has 1 saturated heterocycles. The van der Waals surface area contributed by atoms with Crippen LogP contribution in [0.4, 0.5) is 5.69 Å². The summed E-state index contributed by atoms with van der Waals surface area (Å²) in [6.45, 7) is 0.580. The summed E-state index contributed by atoms with van der Waals surface area (Å²) in [6.07, 6.45) is 0.811. The molecule has 2 N–H and O–H groups in total. The lowest BCUT2D eigenvalue weighted by molar-refractivity contribution is -0.384. The Morgan fingerprint density at radius 2 is 2.22 bits per heavy atom. The molecule has 0 radical (unpaired) electrons. The van der Waals surface area contributed by atoms with Crippen LogP contribution in [0.1, 0.15) is 18.4 Å². The van der Waals surface area contributed by atoms with Crippen LogP contribution < -0.4 is 5.73 Å². The van der Waals surface area contributed by atoms with Gasteiger partial charge in [-0.15, -0.1) is 12.4 Å². The van der Waals surface area contributed by atoms with Gasteiger partial charge in [-0.05, 0) is 24.5 Å². The van der Waals surface area contributed by atoms with Gasteiger partial charge in [-0.3, -0.25) is 14.9 Å². The average Bonchev–Trinajstić information content (AvgIpc) is 2.97. The van der Waals surface area contributed by atoms with Crippen molar-refractivity contribution in [2.45, 2.75) is 31.6 Å². The highest BCUT2D eigenvalue weighted by Gasteiger charge is 2.32. The van der Waals surface area contributed by atoms with Crippen molar-refractivity contribution in [3.63, 3.8) is 0 Å². The van der Waals surface area contributed by atoms with Gasteiger partial charge in [-0.25, -0.2) is 0 Å². The summed E-state index contributed by atoms with van der Waals surface area (Å²) in [4.78, 5) is 24.1. The first kappa shape index (κ1) is 19.6. The SMILES string of the molecule is CN(Cc1cc([N+](=O)[O-])ccc1Cl)C(=O)[C@@H]1CC[C@H](CN)O1.Cl. The van der Waals surface area contributed by atoms with Gasteiger partial charge in [-0.2, -0.15) is 0 Å². The number of likely N-dealkylation sites (N-methyl/N-ethyl adjacent to an activating group) is 1. The molecule has 2 rings (SSSR count). The molecule has 1 amide bonds. The van der Waals surface area contributed by atoms with E-state index in [0.717, 1.165) is 6.42 Å². The molecule has 0 unspecified atom stereocenters. The van der Waals surface area contributed by atoms with Gasteiger partial charge >= 0.3 is 0 Å². The van der Waals surface area contributed by atoms with Crippen LogP contribution in [0.5, 0.6) is 0 Å². The van der Waals surface area contributed by atoms with E-state index in [0.29, 0.717) is 23.6 Å². The highest BCUT2D eigenvalue weighted by molar-refractivity contribution is 6.31. The highest BCUT2D eigenvalue weighted by atomic mass is 35.5. The number of carbonyl (C=O) groups excluding carboxylic acids is 1. The molecule has 1 aromatic rings. The van der Waals surface area contributed by atoms with E-state index in [-0.39, 0.29) is 36.7 Å². The fraction of sp³-hybridized carbons (Fsp3) is 0.500. The number of halogens is 2. The number of non-ortho nitro benzene ring substituents is 1. The first-order valence-corrected chi connectivity index (χ1v) is 7.33. The second-order valence-electron chi connectivity index (χ2n) is 5.29. The van der Waals surface area contributed by atoms with E-state index in [1.54, 1.807) is 7.05 Å². The van der Waals surface area contributed by atoms with Gasteiger partial charge < -0.3 is 15.4 Å². The van der Waals surface area contributed by atoms with E-state index in [9.17, 15) is 14.9 Å². The van der Waals surface area contributed by atoms with E-state index < -0.39 is 11.0 Å². The number of hydrogen-bond donors (Lipinski definition) is 1. The molecule has 0 spiro atoms. The smallest absolute Gasteiger partial charge is 0.269 e. The quantitative estimate of drug-likeness (QED) is 0.638. The van der Waals surface area contributed by atoms with E-state index >= 15 is 0 Å². The number of carbonyl (C=O) groups is 1. The summed E-state index contributed by atoms with van der Waals surface area (Å²) in [7, 11) is 1.62. The first-order valence-electron chi connectivity index (χ1n) is 6.95. The molecular formula is C14H19Cl2N3O4. The number of nitrogens with zero attached hydrogens (tertiary/aromatic N) is 2. The minimum atomic E-state index is -0.504. The molecule has 1 heterocycles. The van der Waals surface area contributed by atoms with E-state index in [1.807, 2.05) is 0 Å².